The average Bonchev–Trinajstić information content (AvgIpc) is 2.42. The maximum Gasteiger partial charge on any atom is 0.0570 e. The summed E-state index contributed by atoms with van der Waals surface area (Å²) in [7, 11) is 1.76. The zero-order valence-corrected chi connectivity index (χ0v) is 8.98. The molecule has 0 aliphatic carbocycles. The van der Waals surface area contributed by atoms with Gasteiger partial charge >= 0.3 is 0 Å². The highest BCUT2D eigenvalue weighted by Gasteiger charge is 2.39. The van der Waals surface area contributed by atoms with Crippen LogP contribution in [-0.2, 0) is 4.74 Å². The first kappa shape index (κ1) is 10.4. The lowest BCUT2D eigenvalue weighted by molar-refractivity contribution is 0.0311. The van der Waals surface area contributed by atoms with Gasteiger partial charge in [0.15, 0.2) is 0 Å². The van der Waals surface area contributed by atoms with Crippen molar-refractivity contribution in [3.8, 4) is 0 Å². The molecule has 0 radical (unpaired) electrons. The Labute approximate surface area is 86.0 Å². The molecule has 0 amide bonds. The molecular weight excluding hydrogens is 178 g/mol. The topological polar surface area (TPSA) is 32.7 Å². The average molecular weight is 199 g/mol. The first-order valence-electron chi connectivity index (χ1n) is 5.74. The van der Waals surface area contributed by atoms with Gasteiger partial charge < -0.3 is 9.84 Å². The van der Waals surface area contributed by atoms with Gasteiger partial charge in [0, 0.05) is 32.3 Å². The van der Waals surface area contributed by atoms with E-state index < -0.39 is 0 Å². The lowest BCUT2D eigenvalue weighted by Crippen LogP contribution is -2.45. The summed E-state index contributed by atoms with van der Waals surface area (Å²) in [5.74, 6) is 0. The summed E-state index contributed by atoms with van der Waals surface area (Å²) in [4.78, 5) is 2.59. The SMILES string of the molecule is COCCCN1C2CCC1CC(O)C2. The number of nitrogens with zero attached hydrogens (tertiary/aromatic N) is 1. The molecule has 0 aromatic rings. The highest BCUT2D eigenvalue weighted by atomic mass is 16.5. The van der Waals surface area contributed by atoms with Gasteiger partial charge in [-0.25, -0.2) is 0 Å². The molecule has 1 N–H and O–H groups in total. The predicted molar refractivity (Wildman–Crippen MR) is 55.2 cm³/mol. The number of rotatable bonds is 4. The van der Waals surface area contributed by atoms with Crippen LogP contribution in [0, 0.1) is 0 Å². The second-order valence-corrected chi connectivity index (χ2v) is 4.59. The van der Waals surface area contributed by atoms with Crippen molar-refractivity contribution in [3.63, 3.8) is 0 Å². The van der Waals surface area contributed by atoms with Crippen molar-refractivity contribution in [3.05, 3.63) is 0 Å². The molecule has 2 atom stereocenters. The third-order valence-corrected chi connectivity index (χ3v) is 3.62. The Morgan fingerprint density at radius 2 is 1.93 bits per heavy atom. The summed E-state index contributed by atoms with van der Waals surface area (Å²) in [6.45, 7) is 2.01. The van der Waals surface area contributed by atoms with Crippen LogP contribution in [0.4, 0.5) is 0 Å². The Morgan fingerprint density at radius 3 is 2.50 bits per heavy atom. The Hall–Kier alpha value is -0.120. The van der Waals surface area contributed by atoms with Crippen LogP contribution in [0.3, 0.4) is 0 Å². The van der Waals surface area contributed by atoms with E-state index in [2.05, 4.69) is 4.90 Å². The third kappa shape index (κ3) is 2.10. The molecule has 2 heterocycles. The van der Waals surface area contributed by atoms with Crippen molar-refractivity contribution in [1.82, 2.24) is 4.90 Å². The predicted octanol–water partition coefficient (Wildman–Crippen LogP) is 1.01. The molecule has 2 aliphatic rings. The Kier molecular flexibility index (Phi) is 3.42. The number of ether oxygens (including phenoxy) is 1. The van der Waals surface area contributed by atoms with E-state index in [9.17, 15) is 5.11 Å². The van der Waals surface area contributed by atoms with E-state index in [-0.39, 0.29) is 6.10 Å². The second-order valence-electron chi connectivity index (χ2n) is 4.59. The first-order valence-corrected chi connectivity index (χ1v) is 5.74. The molecule has 82 valence electrons. The van der Waals surface area contributed by atoms with Crippen LogP contribution < -0.4 is 0 Å². The van der Waals surface area contributed by atoms with Crippen molar-refractivity contribution in [1.29, 1.82) is 0 Å². The van der Waals surface area contributed by atoms with Crippen LogP contribution >= 0.6 is 0 Å². The van der Waals surface area contributed by atoms with Gasteiger partial charge in [0.1, 0.15) is 0 Å². The molecule has 3 nitrogen and oxygen atoms in total. The van der Waals surface area contributed by atoms with Gasteiger partial charge in [-0.1, -0.05) is 0 Å². The van der Waals surface area contributed by atoms with E-state index in [1.54, 1.807) is 7.11 Å². The van der Waals surface area contributed by atoms with Crippen LogP contribution in [0.1, 0.15) is 32.1 Å². The minimum Gasteiger partial charge on any atom is -0.393 e. The molecule has 0 spiro atoms. The van der Waals surface area contributed by atoms with E-state index in [0.717, 1.165) is 32.4 Å². The minimum absolute atomic E-state index is 0.0359. The van der Waals surface area contributed by atoms with E-state index >= 15 is 0 Å². The molecule has 2 unspecified atom stereocenters. The van der Waals surface area contributed by atoms with Crippen molar-refractivity contribution >= 4 is 0 Å². The Balaban J connectivity index is 1.82. The zero-order valence-electron chi connectivity index (χ0n) is 8.98. The summed E-state index contributed by atoms with van der Waals surface area (Å²) < 4.78 is 5.07. The Bertz CT molecular complexity index is 172. The third-order valence-electron chi connectivity index (χ3n) is 3.62. The fourth-order valence-corrected chi connectivity index (χ4v) is 3.00. The summed E-state index contributed by atoms with van der Waals surface area (Å²) in [6, 6.07) is 1.31. The van der Waals surface area contributed by atoms with Gasteiger partial charge in [-0.05, 0) is 32.1 Å². The lowest BCUT2D eigenvalue weighted by atomic mass is 10.00. The van der Waals surface area contributed by atoms with Crippen molar-refractivity contribution in [2.24, 2.45) is 0 Å². The van der Waals surface area contributed by atoms with E-state index in [4.69, 9.17) is 4.74 Å². The standard InChI is InChI=1S/C11H21NO2/c1-14-6-2-5-12-9-3-4-10(12)8-11(13)7-9/h9-11,13H,2-8H2,1H3. The molecule has 14 heavy (non-hydrogen) atoms. The molecule has 2 bridgehead atoms. The normalized spacial score (nSPS) is 37.7. The molecule has 0 aromatic carbocycles. The van der Waals surface area contributed by atoms with Crippen LogP contribution in [0.2, 0.25) is 0 Å². The highest BCUT2D eigenvalue weighted by molar-refractivity contribution is 4.94. The largest absolute Gasteiger partial charge is 0.393 e. The number of fused-ring (bicyclic) bond motifs is 2. The molecular formula is C11H21NO2. The van der Waals surface area contributed by atoms with E-state index in [0.29, 0.717) is 12.1 Å². The smallest absolute Gasteiger partial charge is 0.0570 e. The molecule has 3 heteroatoms. The van der Waals surface area contributed by atoms with Crippen LogP contribution in [0.5, 0.6) is 0 Å². The fourth-order valence-electron chi connectivity index (χ4n) is 3.00. The van der Waals surface area contributed by atoms with Crippen LogP contribution in [0.25, 0.3) is 0 Å². The number of hydrogen-bond donors (Lipinski definition) is 1. The number of methoxy groups -OCH3 is 1. The Morgan fingerprint density at radius 1 is 1.29 bits per heavy atom. The molecule has 2 aliphatic heterocycles. The second kappa shape index (κ2) is 4.60. The summed E-state index contributed by atoms with van der Waals surface area (Å²) in [5, 5.41) is 9.63. The van der Waals surface area contributed by atoms with Gasteiger partial charge in [0.2, 0.25) is 0 Å². The molecule has 2 rings (SSSR count). The van der Waals surface area contributed by atoms with E-state index in [1.807, 2.05) is 0 Å². The first-order chi connectivity index (χ1) is 6.81. The zero-order chi connectivity index (χ0) is 9.97. The number of aliphatic hydroxyl groups excluding tert-OH is 1. The summed E-state index contributed by atoms with van der Waals surface area (Å²) in [5.41, 5.74) is 0. The van der Waals surface area contributed by atoms with Gasteiger partial charge in [0.05, 0.1) is 6.10 Å². The number of piperidine rings is 1. The highest BCUT2D eigenvalue weighted by Crippen LogP contribution is 2.35. The summed E-state index contributed by atoms with van der Waals surface area (Å²) in [6.07, 6.45) is 5.64. The minimum atomic E-state index is -0.0359. The number of hydrogen-bond acceptors (Lipinski definition) is 3. The van der Waals surface area contributed by atoms with Gasteiger partial charge in [0.25, 0.3) is 0 Å². The maximum absolute atomic E-state index is 9.63. The van der Waals surface area contributed by atoms with Crippen molar-refractivity contribution in [2.45, 2.75) is 50.3 Å². The quantitative estimate of drug-likeness (QED) is 0.686. The molecule has 2 saturated heterocycles. The van der Waals surface area contributed by atoms with E-state index in [1.165, 1.54) is 12.8 Å². The molecule has 0 aromatic heterocycles. The maximum atomic E-state index is 9.63. The van der Waals surface area contributed by atoms with Crippen molar-refractivity contribution < 1.29 is 9.84 Å². The molecule has 0 saturated carbocycles. The lowest BCUT2D eigenvalue weighted by Gasteiger charge is -2.37. The van der Waals surface area contributed by atoms with Gasteiger partial charge in [-0.2, -0.15) is 0 Å². The summed E-state index contributed by atoms with van der Waals surface area (Å²) >= 11 is 0. The van der Waals surface area contributed by atoms with Gasteiger partial charge in [-0.3, -0.25) is 4.90 Å². The van der Waals surface area contributed by atoms with Crippen LogP contribution in [-0.4, -0.2) is 48.5 Å². The monoisotopic (exact) mass is 199 g/mol. The number of aliphatic hydroxyl groups is 1. The fraction of sp³-hybridized carbons (Fsp3) is 1.00. The van der Waals surface area contributed by atoms with Crippen LogP contribution in [0.15, 0.2) is 0 Å². The molecule has 2 fully saturated rings. The van der Waals surface area contributed by atoms with Crippen molar-refractivity contribution in [2.75, 3.05) is 20.3 Å². The van der Waals surface area contributed by atoms with Gasteiger partial charge in [-0.15, -0.1) is 0 Å².